The Labute approximate surface area is 66.3 Å². The molecular formula is C7H14N2O2. The van der Waals surface area contributed by atoms with Crippen LogP contribution in [0.15, 0.2) is 0 Å². The van der Waals surface area contributed by atoms with E-state index in [2.05, 4.69) is 4.74 Å². The molecule has 2 N–H and O–H groups in total. The summed E-state index contributed by atoms with van der Waals surface area (Å²) in [6.45, 7) is 2.11. The van der Waals surface area contributed by atoms with Crippen molar-refractivity contribution >= 4 is 5.97 Å². The fourth-order valence-corrected chi connectivity index (χ4v) is 1.25. The molecule has 11 heavy (non-hydrogen) atoms. The Morgan fingerprint density at radius 3 is 3.00 bits per heavy atom. The van der Waals surface area contributed by atoms with Gasteiger partial charge >= 0.3 is 5.97 Å². The second kappa shape index (κ2) is 3.69. The van der Waals surface area contributed by atoms with Crippen molar-refractivity contribution in [2.24, 2.45) is 5.73 Å². The van der Waals surface area contributed by atoms with Crippen molar-refractivity contribution < 1.29 is 9.53 Å². The number of likely N-dealkylation sites (tertiary alicyclic amines) is 1. The quantitative estimate of drug-likeness (QED) is 0.534. The third-order valence-corrected chi connectivity index (χ3v) is 1.89. The second-order valence-corrected chi connectivity index (χ2v) is 2.86. The van der Waals surface area contributed by atoms with Crippen molar-refractivity contribution in [2.45, 2.75) is 12.5 Å². The fraction of sp³-hybridized carbons (Fsp3) is 0.857. The zero-order chi connectivity index (χ0) is 8.27. The van der Waals surface area contributed by atoms with Gasteiger partial charge < -0.3 is 10.5 Å². The molecule has 4 heteroatoms. The minimum atomic E-state index is -0.181. The molecule has 0 radical (unpaired) electrons. The lowest BCUT2D eigenvalue weighted by Crippen LogP contribution is -2.31. The van der Waals surface area contributed by atoms with Crippen LogP contribution in [0.4, 0.5) is 0 Å². The molecule has 0 unspecified atom stereocenters. The van der Waals surface area contributed by atoms with Crippen LogP contribution in [0.1, 0.15) is 6.42 Å². The van der Waals surface area contributed by atoms with Gasteiger partial charge in [-0.2, -0.15) is 0 Å². The summed E-state index contributed by atoms with van der Waals surface area (Å²) in [6, 6.07) is 0.236. The smallest absolute Gasteiger partial charge is 0.319 e. The summed E-state index contributed by atoms with van der Waals surface area (Å²) >= 11 is 0. The van der Waals surface area contributed by atoms with Gasteiger partial charge in [-0.05, 0) is 6.42 Å². The molecule has 0 spiro atoms. The van der Waals surface area contributed by atoms with Crippen molar-refractivity contribution in [2.75, 3.05) is 26.7 Å². The standard InChI is InChI=1S/C7H14N2O2/c1-11-7(10)5-9-3-2-6(8)4-9/h6H,2-5,8H2,1H3/t6-/m1/s1. The zero-order valence-electron chi connectivity index (χ0n) is 6.75. The number of carbonyl (C=O) groups excluding carboxylic acids is 1. The molecule has 0 saturated carbocycles. The molecule has 64 valence electrons. The first-order chi connectivity index (χ1) is 5.22. The van der Waals surface area contributed by atoms with Crippen LogP contribution in [0.5, 0.6) is 0 Å². The van der Waals surface area contributed by atoms with E-state index in [0.29, 0.717) is 6.54 Å². The van der Waals surface area contributed by atoms with E-state index < -0.39 is 0 Å². The van der Waals surface area contributed by atoms with Crippen LogP contribution in [0.2, 0.25) is 0 Å². The lowest BCUT2D eigenvalue weighted by atomic mass is 10.3. The number of hydrogen-bond donors (Lipinski definition) is 1. The monoisotopic (exact) mass is 158 g/mol. The van der Waals surface area contributed by atoms with Gasteiger partial charge in [-0.15, -0.1) is 0 Å². The Morgan fingerprint density at radius 1 is 1.82 bits per heavy atom. The average Bonchev–Trinajstić information content (AvgIpc) is 2.35. The lowest BCUT2D eigenvalue weighted by Gasteiger charge is -2.12. The Hall–Kier alpha value is -0.610. The predicted octanol–water partition coefficient (Wildman–Crippen LogP) is -0.808. The molecule has 0 bridgehead atoms. The topological polar surface area (TPSA) is 55.6 Å². The molecule has 0 amide bonds. The minimum absolute atomic E-state index is 0.181. The molecule has 1 aliphatic heterocycles. The van der Waals surface area contributed by atoms with Gasteiger partial charge in [0.1, 0.15) is 0 Å². The molecule has 1 atom stereocenters. The second-order valence-electron chi connectivity index (χ2n) is 2.86. The van der Waals surface area contributed by atoms with Crippen molar-refractivity contribution in [3.63, 3.8) is 0 Å². The lowest BCUT2D eigenvalue weighted by molar-refractivity contribution is -0.141. The third-order valence-electron chi connectivity index (χ3n) is 1.89. The first-order valence-electron chi connectivity index (χ1n) is 3.77. The zero-order valence-corrected chi connectivity index (χ0v) is 6.75. The number of hydrogen-bond acceptors (Lipinski definition) is 4. The van der Waals surface area contributed by atoms with E-state index in [1.54, 1.807) is 0 Å². The maximum absolute atomic E-state index is 10.8. The van der Waals surface area contributed by atoms with Gasteiger partial charge in [0.05, 0.1) is 13.7 Å². The summed E-state index contributed by atoms with van der Waals surface area (Å²) in [5.41, 5.74) is 5.65. The van der Waals surface area contributed by atoms with E-state index in [4.69, 9.17) is 5.73 Å². The average molecular weight is 158 g/mol. The molecule has 1 heterocycles. The van der Waals surface area contributed by atoms with Crippen molar-refractivity contribution in [3.05, 3.63) is 0 Å². The summed E-state index contributed by atoms with van der Waals surface area (Å²) in [6.07, 6.45) is 0.983. The first kappa shape index (κ1) is 8.49. The van der Waals surface area contributed by atoms with Gasteiger partial charge in [0.2, 0.25) is 0 Å². The van der Waals surface area contributed by atoms with Gasteiger partial charge in [0.25, 0.3) is 0 Å². The molecule has 0 aromatic carbocycles. The van der Waals surface area contributed by atoms with E-state index in [9.17, 15) is 4.79 Å². The summed E-state index contributed by atoms with van der Waals surface area (Å²) in [7, 11) is 1.40. The Balaban J connectivity index is 2.23. The number of nitrogens with two attached hydrogens (primary N) is 1. The molecule has 0 aromatic heterocycles. The molecule has 0 aromatic rings. The number of carbonyl (C=O) groups is 1. The maximum atomic E-state index is 10.8. The van der Waals surface area contributed by atoms with E-state index in [1.807, 2.05) is 4.90 Å². The number of esters is 1. The summed E-state index contributed by atoms with van der Waals surface area (Å²) in [5, 5.41) is 0. The highest BCUT2D eigenvalue weighted by Crippen LogP contribution is 2.05. The van der Waals surface area contributed by atoms with E-state index in [1.165, 1.54) is 7.11 Å². The predicted molar refractivity (Wildman–Crippen MR) is 41.0 cm³/mol. The Kier molecular flexibility index (Phi) is 2.84. The van der Waals surface area contributed by atoms with Crippen LogP contribution >= 0.6 is 0 Å². The summed E-state index contributed by atoms with van der Waals surface area (Å²) < 4.78 is 4.53. The number of ether oxygens (including phenoxy) is 1. The molecule has 1 fully saturated rings. The Bertz CT molecular complexity index is 149. The van der Waals surface area contributed by atoms with Crippen LogP contribution in [-0.2, 0) is 9.53 Å². The number of nitrogens with zero attached hydrogens (tertiary/aromatic N) is 1. The first-order valence-corrected chi connectivity index (χ1v) is 3.77. The van der Waals surface area contributed by atoms with Crippen molar-refractivity contribution in [1.29, 1.82) is 0 Å². The van der Waals surface area contributed by atoms with Crippen LogP contribution in [-0.4, -0.2) is 43.7 Å². The SMILES string of the molecule is COC(=O)CN1CC[C@@H](N)C1. The van der Waals surface area contributed by atoms with Crippen molar-refractivity contribution in [3.8, 4) is 0 Å². The van der Waals surface area contributed by atoms with Crippen LogP contribution in [0, 0.1) is 0 Å². The molecule has 0 aliphatic carbocycles. The fourth-order valence-electron chi connectivity index (χ4n) is 1.25. The number of rotatable bonds is 2. The number of methoxy groups -OCH3 is 1. The van der Waals surface area contributed by atoms with E-state index in [0.717, 1.165) is 19.5 Å². The van der Waals surface area contributed by atoms with Crippen LogP contribution < -0.4 is 5.73 Å². The summed E-state index contributed by atoms with van der Waals surface area (Å²) in [4.78, 5) is 12.8. The molecule has 4 nitrogen and oxygen atoms in total. The minimum Gasteiger partial charge on any atom is -0.468 e. The van der Waals surface area contributed by atoms with Gasteiger partial charge in [0.15, 0.2) is 0 Å². The highest BCUT2D eigenvalue weighted by molar-refractivity contribution is 5.71. The molecular weight excluding hydrogens is 144 g/mol. The largest absolute Gasteiger partial charge is 0.468 e. The molecule has 1 rings (SSSR count). The highest BCUT2D eigenvalue weighted by Gasteiger charge is 2.20. The van der Waals surface area contributed by atoms with Gasteiger partial charge in [-0.3, -0.25) is 9.69 Å². The molecule has 1 aliphatic rings. The van der Waals surface area contributed by atoms with Crippen LogP contribution in [0.25, 0.3) is 0 Å². The molecule has 1 saturated heterocycles. The highest BCUT2D eigenvalue weighted by atomic mass is 16.5. The van der Waals surface area contributed by atoms with Crippen molar-refractivity contribution in [1.82, 2.24) is 4.90 Å². The van der Waals surface area contributed by atoms with E-state index in [-0.39, 0.29) is 12.0 Å². The Morgan fingerprint density at radius 2 is 2.55 bits per heavy atom. The third kappa shape index (κ3) is 2.48. The van der Waals surface area contributed by atoms with Gasteiger partial charge in [-0.1, -0.05) is 0 Å². The van der Waals surface area contributed by atoms with E-state index >= 15 is 0 Å². The van der Waals surface area contributed by atoms with Crippen LogP contribution in [0.3, 0.4) is 0 Å². The van der Waals surface area contributed by atoms with Gasteiger partial charge in [-0.25, -0.2) is 0 Å². The van der Waals surface area contributed by atoms with Gasteiger partial charge in [0, 0.05) is 19.1 Å². The maximum Gasteiger partial charge on any atom is 0.319 e. The summed E-state index contributed by atoms with van der Waals surface area (Å²) in [5.74, 6) is -0.181. The normalized spacial score (nSPS) is 25.5.